The number of hydrogen-bond donors (Lipinski definition) is 1. The fraction of sp³-hybridized carbons (Fsp3) is 0.448. The van der Waals surface area contributed by atoms with Crippen molar-refractivity contribution >= 4 is 17.4 Å². The van der Waals surface area contributed by atoms with E-state index in [4.69, 9.17) is 14.2 Å². The molecule has 0 bridgehead atoms. The predicted octanol–water partition coefficient (Wildman–Crippen LogP) is 4.02. The van der Waals surface area contributed by atoms with E-state index in [2.05, 4.69) is 4.90 Å². The molecule has 1 amide bonds. The summed E-state index contributed by atoms with van der Waals surface area (Å²) in [4.78, 5) is 30.3. The number of hydrogen-bond acceptors (Lipinski definition) is 7. The second-order valence-corrected chi connectivity index (χ2v) is 9.55. The molecule has 4 rings (SSSR count). The number of amides is 1. The van der Waals surface area contributed by atoms with Crippen LogP contribution >= 0.6 is 0 Å². The van der Waals surface area contributed by atoms with Gasteiger partial charge in [-0.05, 0) is 62.2 Å². The maximum atomic E-state index is 13.3. The number of nitrogens with zero attached hydrogens (tertiary/aromatic N) is 2. The Hall–Kier alpha value is -3.36. The van der Waals surface area contributed by atoms with Crippen LogP contribution < -0.4 is 9.47 Å². The molecular formula is C29H36N2O6. The maximum absolute atomic E-state index is 13.3. The minimum atomic E-state index is -0.701. The van der Waals surface area contributed by atoms with Crippen LogP contribution in [-0.4, -0.2) is 78.7 Å². The van der Waals surface area contributed by atoms with Crippen LogP contribution in [0.4, 0.5) is 0 Å². The zero-order valence-electron chi connectivity index (χ0n) is 21.8. The van der Waals surface area contributed by atoms with Crippen LogP contribution in [-0.2, 0) is 14.3 Å². The van der Waals surface area contributed by atoms with Crippen LogP contribution in [0.3, 0.4) is 0 Å². The smallest absolute Gasteiger partial charge is 0.295 e. The van der Waals surface area contributed by atoms with Crippen LogP contribution in [0.2, 0.25) is 0 Å². The van der Waals surface area contributed by atoms with Crippen LogP contribution in [0.5, 0.6) is 11.5 Å². The SMILES string of the molecule is CCCOc1ccc(C2/C(=C(\O)c3ccc(OC(C)C)cc3)C(=O)C(=O)N2CCN2CCOCC2)cc1. The molecule has 1 unspecified atom stereocenters. The third kappa shape index (κ3) is 6.32. The number of morpholine rings is 1. The lowest BCUT2D eigenvalue weighted by atomic mass is 9.95. The Bertz CT molecular complexity index is 1100. The van der Waals surface area contributed by atoms with E-state index < -0.39 is 17.7 Å². The highest BCUT2D eigenvalue weighted by Crippen LogP contribution is 2.40. The Labute approximate surface area is 218 Å². The minimum absolute atomic E-state index is 0.0144. The average molecular weight is 509 g/mol. The highest BCUT2D eigenvalue weighted by molar-refractivity contribution is 6.46. The van der Waals surface area contributed by atoms with E-state index in [0.717, 1.165) is 30.8 Å². The van der Waals surface area contributed by atoms with Crippen LogP contribution in [0, 0.1) is 0 Å². The summed E-state index contributed by atoms with van der Waals surface area (Å²) in [6.07, 6.45) is 0.908. The van der Waals surface area contributed by atoms with Crippen molar-refractivity contribution in [3.05, 3.63) is 65.2 Å². The maximum Gasteiger partial charge on any atom is 0.295 e. The molecule has 2 aromatic rings. The first kappa shape index (κ1) is 26.7. The predicted molar refractivity (Wildman–Crippen MR) is 141 cm³/mol. The van der Waals surface area contributed by atoms with Gasteiger partial charge in [0, 0.05) is 31.7 Å². The van der Waals surface area contributed by atoms with E-state index in [-0.39, 0.29) is 17.4 Å². The number of benzene rings is 2. The van der Waals surface area contributed by atoms with Gasteiger partial charge in [-0.15, -0.1) is 0 Å². The lowest BCUT2D eigenvalue weighted by Gasteiger charge is -2.31. The summed E-state index contributed by atoms with van der Waals surface area (Å²) < 4.78 is 16.8. The van der Waals surface area contributed by atoms with Gasteiger partial charge in [-0.3, -0.25) is 14.5 Å². The lowest BCUT2D eigenvalue weighted by molar-refractivity contribution is -0.140. The van der Waals surface area contributed by atoms with E-state index in [1.54, 1.807) is 29.2 Å². The zero-order valence-corrected chi connectivity index (χ0v) is 21.8. The molecule has 0 aromatic heterocycles. The summed E-state index contributed by atoms with van der Waals surface area (Å²) in [5, 5.41) is 11.3. The summed E-state index contributed by atoms with van der Waals surface area (Å²) in [7, 11) is 0. The number of ether oxygens (including phenoxy) is 3. The largest absolute Gasteiger partial charge is 0.507 e. The first-order chi connectivity index (χ1) is 17.9. The molecule has 2 aromatic carbocycles. The lowest BCUT2D eigenvalue weighted by Crippen LogP contribution is -2.42. The topological polar surface area (TPSA) is 88.5 Å². The van der Waals surface area contributed by atoms with Crippen molar-refractivity contribution in [1.82, 2.24) is 9.80 Å². The third-order valence-electron chi connectivity index (χ3n) is 6.47. The van der Waals surface area contributed by atoms with Crippen LogP contribution in [0.15, 0.2) is 54.1 Å². The molecule has 0 radical (unpaired) electrons. The van der Waals surface area contributed by atoms with Crippen molar-refractivity contribution in [2.24, 2.45) is 0 Å². The molecule has 2 heterocycles. The van der Waals surface area contributed by atoms with E-state index in [0.29, 0.717) is 44.2 Å². The molecule has 0 aliphatic carbocycles. The first-order valence-electron chi connectivity index (χ1n) is 13.0. The van der Waals surface area contributed by atoms with E-state index >= 15 is 0 Å². The second kappa shape index (κ2) is 12.3. The summed E-state index contributed by atoms with van der Waals surface area (Å²) >= 11 is 0. The number of likely N-dealkylation sites (tertiary alicyclic amines) is 1. The summed E-state index contributed by atoms with van der Waals surface area (Å²) in [5.41, 5.74) is 1.29. The molecule has 2 aliphatic heterocycles. The van der Waals surface area contributed by atoms with Gasteiger partial charge < -0.3 is 24.2 Å². The Balaban J connectivity index is 1.68. The highest BCUT2D eigenvalue weighted by atomic mass is 16.5. The van der Waals surface area contributed by atoms with Crippen LogP contribution in [0.1, 0.15) is 44.4 Å². The fourth-order valence-corrected chi connectivity index (χ4v) is 4.62. The van der Waals surface area contributed by atoms with Gasteiger partial charge >= 0.3 is 0 Å². The van der Waals surface area contributed by atoms with Gasteiger partial charge in [0.15, 0.2) is 0 Å². The van der Waals surface area contributed by atoms with Gasteiger partial charge in [0.05, 0.1) is 37.5 Å². The molecule has 37 heavy (non-hydrogen) atoms. The van der Waals surface area contributed by atoms with Crippen molar-refractivity contribution in [3.63, 3.8) is 0 Å². The molecule has 0 spiro atoms. The number of rotatable bonds is 10. The molecule has 2 saturated heterocycles. The normalized spacial score (nSPS) is 20.0. The van der Waals surface area contributed by atoms with Crippen molar-refractivity contribution in [2.75, 3.05) is 46.0 Å². The van der Waals surface area contributed by atoms with Crippen molar-refractivity contribution in [2.45, 2.75) is 39.3 Å². The Morgan fingerprint density at radius 1 is 1.00 bits per heavy atom. The van der Waals surface area contributed by atoms with Gasteiger partial charge in [-0.2, -0.15) is 0 Å². The van der Waals surface area contributed by atoms with Crippen LogP contribution in [0.25, 0.3) is 5.76 Å². The number of carbonyl (C=O) groups excluding carboxylic acids is 2. The molecule has 1 atom stereocenters. The number of aliphatic hydroxyl groups excluding tert-OH is 1. The van der Waals surface area contributed by atoms with Gasteiger partial charge in [0.25, 0.3) is 11.7 Å². The van der Waals surface area contributed by atoms with E-state index in [9.17, 15) is 14.7 Å². The van der Waals surface area contributed by atoms with E-state index in [1.807, 2.05) is 45.0 Å². The first-order valence-corrected chi connectivity index (χ1v) is 13.0. The Morgan fingerprint density at radius 3 is 2.27 bits per heavy atom. The zero-order chi connectivity index (χ0) is 26.4. The standard InChI is InChI=1S/C29H36N2O6/c1-4-17-36-23-9-5-21(6-10-23)26-25(27(32)22-7-11-24(12-8-22)37-20(2)3)28(33)29(34)31(26)14-13-30-15-18-35-19-16-30/h5-12,20,26,32H,4,13-19H2,1-3H3/b27-25+. The molecule has 2 fully saturated rings. The van der Waals surface area contributed by atoms with Crippen molar-refractivity contribution in [3.8, 4) is 11.5 Å². The van der Waals surface area contributed by atoms with E-state index in [1.165, 1.54) is 0 Å². The molecule has 0 saturated carbocycles. The Morgan fingerprint density at radius 2 is 1.65 bits per heavy atom. The van der Waals surface area contributed by atoms with Gasteiger partial charge in [-0.1, -0.05) is 19.1 Å². The fourth-order valence-electron chi connectivity index (χ4n) is 4.62. The van der Waals surface area contributed by atoms with Crippen molar-refractivity contribution < 1.29 is 28.9 Å². The minimum Gasteiger partial charge on any atom is -0.507 e. The van der Waals surface area contributed by atoms with Gasteiger partial charge in [-0.25, -0.2) is 0 Å². The van der Waals surface area contributed by atoms with Gasteiger partial charge in [0.1, 0.15) is 17.3 Å². The average Bonchev–Trinajstić information content (AvgIpc) is 3.16. The number of carbonyl (C=O) groups is 2. The third-order valence-corrected chi connectivity index (χ3v) is 6.47. The molecular weight excluding hydrogens is 472 g/mol. The van der Waals surface area contributed by atoms with Gasteiger partial charge in [0.2, 0.25) is 0 Å². The number of Topliss-reactive ketones (excluding diaryl/α,β-unsaturated/α-hetero) is 1. The molecule has 2 aliphatic rings. The monoisotopic (exact) mass is 508 g/mol. The number of aliphatic hydroxyl groups is 1. The highest BCUT2D eigenvalue weighted by Gasteiger charge is 2.46. The Kier molecular flexibility index (Phi) is 8.84. The summed E-state index contributed by atoms with van der Waals surface area (Å²) in [6, 6.07) is 13.6. The molecule has 8 heteroatoms. The quantitative estimate of drug-likeness (QED) is 0.295. The summed E-state index contributed by atoms with van der Waals surface area (Å²) in [5.74, 6) is -0.0999. The molecule has 198 valence electrons. The van der Waals surface area contributed by atoms with Crippen molar-refractivity contribution in [1.29, 1.82) is 0 Å². The molecule has 1 N–H and O–H groups in total. The second-order valence-electron chi connectivity index (χ2n) is 9.55. The molecule has 8 nitrogen and oxygen atoms in total. The summed E-state index contributed by atoms with van der Waals surface area (Å²) in [6.45, 7) is 10.4. The number of ketones is 1.